The lowest BCUT2D eigenvalue weighted by Gasteiger charge is -2.36. The number of benzene rings is 2. The van der Waals surface area contributed by atoms with Gasteiger partial charge >= 0.3 is 6.03 Å². The molecule has 10 heteroatoms. The third kappa shape index (κ3) is 4.63. The molecule has 1 spiro atoms. The number of urea groups is 1. The molecule has 2 aliphatic rings. The zero-order valence-electron chi connectivity index (χ0n) is 19.1. The molecule has 1 aliphatic carbocycles. The molecule has 2 aromatic carbocycles. The van der Waals surface area contributed by atoms with Crippen LogP contribution in [0.15, 0.2) is 53.4 Å². The van der Waals surface area contributed by atoms with Crippen molar-refractivity contribution in [3.63, 3.8) is 0 Å². The number of carbonyl (C=O) groups excluding carboxylic acids is 3. The first-order valence-electron chi connectivity index (χ1n) is 11.2. The van der Waals surface area contributed by atoms with E-state index >= 15 is 0 Å². The molecule has 1 saturated heterocycles. The number of imide groups is 1. The number of sulfonamides is 1. The van der Waals surface area contributed by atoms with Gasteiger partial charge in [-0.25, -0.2) is 13.2 Å². The first-order valence-corrected chi connectivity index (χ1v) is 12.7. The van der Waals surface area contributed by atoms with Gasteiger partial charge in [-0.05, 0) is 62.1 Å². The first kappa shape index (κ1) is 23.7. The first-order chi connectivity index (χ1) is 16.1. The van der Waals surface area contributed by atoms with Crippen LogP contribution in [-0.2, 0) is 19.6 Å². The van der Waals surface area contributed by atoms with E-state index in [1.807, 2.05) is 13.8 Å². The minimum absolute atomic E-state index is 0.0157. The Morgan fingerprint density at radius 2 is 1.71 bits per heavy atom. The summed E-state index contributed by atoms with van der Waals surface area (Å²) in [5, 5.41) is 5.48. The summed E-state index contributed by atoms with van der Waals surface area (Å²) in [6.45, 7) is 3.44. The van der Waals surface area contributed by atoms with Gasteiger partial charge < -0.3 is 10.6 Å². The molecule has 1 aliphatic heterocycles. The number of amides is 4. The fourth-order valence-corrected chi connectivity index (χ4v) is 5.59. The highest BCUT2D eigenvalue weighted by Crippen LogP contribution is 2.38. The Labute approximate surface area is 199 Å². The maximum atomic E-state index is 13.0. The van der Waals surface area contributed by atoms with Gasteiger partial charge in [0.25, 0.3) is 15.9 Å². The second kappa shape index (κ2) is 9.09. The molecule has 0 aromatic heterocycles. The topological polar surface area (TPSA) is 125 Å². The molecule has 2 aromatic rings. The Morgan fingerprint density at radius 3 is 2.35 bits per heavy atom. The van der Waals surface area contributed by atoms with E-state index in [9.17, 15) is 22.8 Å². The minimum atomic E-state index is -3.74. The Kier molecular flexibility index (Phi) is 6.35. The monoisotopic (exact) mass is 484 g/mol. The number of hydrogen-bond acceptors (Lipinski definition) is 5. The van der Waals surface area contributed by atoms with Crippen molar-refractivity contribution in [2.45, 2.75) is 50.0 Å². The highest BCUT2D eigenvalue weighted by atomic mass is 32.2. The summed E-state index contributed by atoms with van der Waals surface area (Å²) in [5.41, 5.74) is 0.791. The largest absolute Gasteiger partial charge is 0.325 e. The third-order valence-electron chi connectivity index (χ3n) is 6.56. The van der Waals surface area contributed by atoms with Crippen LogP contribution >= 0.6 is 0 Å². The van der Waals surface area contributed by atoms with Crippen LogP contribution in [0.5, 0.6) is 0 Å². The third-order valence-corrected chi connectivity index (χ3v) is 7.95. The second-order valence-corrected chi connectivity index (χ2v) is 10.7. The van der Waals surface area contributed by atoms with Crippen LogP contribution in [-0.4, -0.2) is 43.2 Å². The fourth-order valence-electron chi connectivity index (χ4n) is 4.54. The van der Waals surface area contributed by atoms with E-state index < -0.39 is 27.5 Å². The molecule has 180 valence electrons. The van der Waals surface area contributed by atoms with Crippen LogP contribution in [0.25, 0.3) is 0 Å². The van der Waals surface area contributed by atoms with E-state index in [1.165, 1.54) is 24.3 Å². The predicted octanol–water partition coefficient (Wildman–Crippen LogP) is 3.24. The number of aryl methyl sites for hydroxylation is 1. The van der Waals surface area contributed by atoms with Crippen LogP contribution in [0.1, 0.15) is 38.2 Å². The number of nitrogens with zero attached hydrogens (tertiary/aromatic N) is 1. The van der Waals surface area contributed by atoms with Crippen molar-refractivity contribution < 1.29 is 22.8 Å². The SMILES string of the molecule is Cc1ccc(S(=O)(=O)Nc2ccc(NC(=O)CN3C(=O)NC4(CCCCC4C)C3=O)cc2)cc1. The van der Waals surface area contributed by atoms with Crippen molar-refractivity contribution in [1.82, 2.24) is 10.2 Å². The van der Waals surface area contributed by atoms with Crippen LogP contribution in [0.2, 0.25) is 0 Å². The van der Waals surface area contributed by atoms with E-state index in [0.717, 1.165) is 29.7 Å². The standard InChI is InChI=1S/C24H28N4O5S/c1-16-6-12-20(13-7-16)34(32,33)27-19-10-8-18(9-11-19)25-21(29)15-28-22(30)24(26-23(28)31)14-4-3-5-17(24)2/h6-13,17,27H,3-5,14-15H2,1-2H3,(H,25,29)(H,26,31). The molecule has 2 unspecified atom stereocenters. The highest BCUT2D eigenvalue weighted by Gasteiger charge is 2.55. The zero-order valence-corrected chi connectivity index (χ0v) is 19.9. The van der Waals surface area contributed by atoms with Crippen LogP contribution in [0, 0.1) is 12.8 Å². The average molecular weight is 485 g/mol. The number of nitrogens with one attached hydrogen (secondary N) is 3. The molecule has 1 heterocycles. The maximum absolute atomic E-state index is 13.0. The van der Waals surface area contributed by atoms with Crippen LogP contribution in [0.4, 0.5) is 16.2 Å². The average Bonchev–Trinajstić information content (AvgIpc) is 3.02. The van der Waals surface area contributed by atoms with Crippen molar-refractivity contribution >= 4 is 39.2 Å². The highest BCUT2D eigenvalue weighted by molar-refractivity contribution is 7.92. The van der Waals surface area contributed by atoms with Gasteiger partial charge in [-0.1, -0.05) is 37.5 Å². The Morgan fingerprint density at radius 1 is 1.06 bits per heavy atom. The van der Waals surface area contributed by atoms with Gasteiger partial charge in [0.15, 0.2) is 0 Å². The van der Waals surface area contributed by atoms with Crippen molar-refractivity contribution in [1.29, 1.82) is 0 Å². The molecule has 4 rings (SSSR count). The molecule has 2 atom stereocenters. The maximum Gasteiger partial charge on any atom is 0.325 e. The molecule has 0 radical (unpaired) electrons. The van der Waals surface area contributed by atoms with E-state index in [1.54, 1.807) is 24.3 Å². The number of rotatable bonds is 6. The van der Waals surface area contributed by atoms with Gasteiger partial charge in [0.2, 0.25) is 5.91 Å². The lowest BCUT2D eigenvalue weighted by atomic mass is 9.73. The summed E-state index contributed by atoms with van der Waals surface area (Å²) in [6, 6.07) is 12.1. The number of anilines is 2. The quantitative estimate of drug-likeness (QED) is 0.543. The van der Waals surface area contributed by atoms with E-state index in [2.05, 4.69) is 15.4 Å². The van der Waals surface area contributed by atoms with Gasteiger partial charge in [-0.15, -0.1) is 0 Å². The lowest BCUT2D eigenvalue weighted by molar-refractivity contribution is -0.136. The summed E-state index contributed by atoms with van der Waals surface area (Å²) in [6.07, 6.45) is 3.31. The van der Waals surface area contributed by atoms with Gasteiger partial charge in [0, 0.05) is 11.4 Å². The molecule has 4 amide bonds. The summed E-state index contributed by atoms with van der Waals surface area (Å²) in [5.74, 6) is -0.847. The van der Waals surface area contributed by atoms with Crippen molar-refractivity contribution in [2.75, 3.05) is 16.6 Å². The molecule has 9 nitrogen and oxygen atoms in total. The molecule has 1 saturated carbocycles. The van der Waals surface area contributed by atoms with Crippen molar-refractivity contribution in [2.24, 2.45) is 5.92 Å². The van der Waals surface area contributed by atoms with Gasteiger partial charge in [0.1, 0.15) is 12.1 Å². The van der Waals surface area contributed by atoms with Gasteiger partial charge in [-0.3, -0.25) is 19.2 Å². The summed E-state index contributed by atoms with van der Waals surface area (Å²) in [7, 11) is -3.74. The van der Waals surface area contributed by atoms with Gasteiger partial charge in [0.05, 0.1) is 4.90 Å². The number of carbonyl (C=O) groups is 3. The minimum Gasteiger partial charge on any atom is -0.325 e. The van der Waals surface area contributed by atoms with Crippen LogP contribution in [0.3, 0.4) is 0 Å². The summed E-state index contributed by atoms with van der Waals surface area (Å²) < 4.78 is 27.5. The van der Waals surface area contributed by atoms with Gasteiger partial charge in [-0.2, -0.15) is 0 Å². The zero-order chi connectivity index (χ0) is 24.5. The molecule has 3 N–H and O–H groups in total. The molecular weight excluding hydrogens is 456 g/mol. The molecule has 0 bridgehead atoms. The molecular formula is C24H28N4O5S. The second-order valence-electron chi connectivity index (χ2n) is 8.98. The smallest absolute Gasteiger partial charge is 0.325 e. The molecule has 34 heavy (non-hydrogen) atoms. The van der Waals surface area contributed by atoms with Crippen molar-refractivity contribution in [3.8, 4) is 0 Å². The van der Waals surface area contributed by atoms with Crippen LogP contribution < -0.4 is 15.4 Å². The Bertz CT molecular complexity index is 1210. The summed E-state index contributed by atoms with van der Waals surface area (Å²) in [4.78, 5) is 39.1. The lowest BCUT2D eigenvalue weighted by Crippen LogP contribution is -2.54. The van der Waals surface area contributed by atoms with E-state index in [-0.39, 0.29) is 23.3 Å². The van der Waals surface area contributed by atoms with E-state index in [4.69, 9.17) is 0 Å². The Hall–Kier alpha value is -3.40. The normalized spacial score (nSPS) is 22.5. The fraction of sp³-hybridized carbons (Fsp3) is 0.375. The summed E-state index contributed by atoms with van der Waals surface area (Å²) >= 11 is 0. The predicted molar refractivity (Wildman–Crippen MR) is 128 cm³/mol. The molecule has 2 fully saturated rings. The van der Waals surface area contributed by atoms with Crippen molar-refractivity contribution in [3.05, 3.63) is 54.1 Å². The van der Waals surface area contributed by atoms with E-state index in [0.29, 0.717) is 17.8 Å². The Balaban J connectivity index is 1.37. The number of hydrogen-bond donors (Lipinski definition) is 3.